The van der Waals surface area contributed by atoms with Crippen molar-refractivity contribution in [3.8, 4) is 0 Å². The van der Waals surface area contributed by atoms with Crippen molar-refractivity contribution in [1.82, 2.24) is 4.90 Å². The monoisotopic (exact) mass is 239 g/mol. The number of carbonyl (C=O) groups excluding carboxylic acids is 1. The number of methoxy groups -OCH3 is 1. The van der Waals surface area contributed by atoms with E-state index in [1.54, 1.807) is 7.11 Å². The fraction of sp³-hybridized carbons (Fsp3) is 0.929. The molecule has 2 bridgehead atoms. The van der Waals surface area contributed by atoms with Crippen LogP contribution in [0.1, 0.15) is 51.4 Å². The predicted octanol–water partition coefficient (Wildman–Crippen LogP) is 2.39. The molecule has 2 fully saturated rings. The quantitative estimate of drug-likeness (QED) is 0.667. The van der Waals surface area contributed by atoms with E-state index in [0.717, 1.165) is 19.4 Å². The van der Waals surface area contributed by atoms with Crippen LogP contribution in [0.25, 0.3) is 0 Å². The molecule has 0 aromatic rings. The molecule has 2 rings (SSSR count). The number of hydrogen-bond donors (Lipinski definition) is 0. The Hall–Kier alpha value is -0.410. The maximum atomic E-state index is 11.6. The number of ketones is 1. The lowest BCUT2D eigenvalue weighted by atomic mass is 9.83. The van der Waals surface area contributed by atoms with Crippen molar-refractivity contribution in [2.75, 3.05) is 20.3 Å². The van der Waals surface area contributed by atoms with Crippen LogP contribution >= 0.6 is 0 Å². The number of ether oxygens (including phenoxy) is 1. The average molecular weight is 239 g/mol. The number of piperidine rings is 2. The summed E-state index contributed by atoms with van der Waals surface area (Å²) in [5, 5.41) is 0. The third-order valence-electron chi connectivity index (χ3n) is 4.20. The van der Waals surface area contributed by atoms with Crippen LogP contribution in [-0.2, 0) is 9.53 Å². The minimum absolute atomic E-state index is 0.496. The normalized spacial score (nSPS) is 29.6. The maximum Gasteiger partial charge on any atom is 0.136 e. The molecule has 3 nitrogen and oxygen atoms in total. The molecule has 0 aromatic carbocycles. The van der Waals surface area contributed by atoms with E-state index in [2.05, 4.69) is 4.90 Å². The van der Waals surface area contributed by atoms with Crippen LogP contribution < -0.4 is 0 Å². The Labute approximate surface area is 105 Å². The second-order valence-corrected chi connectivity index (χ2v) is 5.48. The highest BCUT2D eigenvalue weighted by Gasteiger charge is 2.36. The van der Waals surface area contributed by atoms with Gasteiger partial charge in [0.05, 0.1) is 0 Å². The van der Waals surface area contributed by atoms with Gasteiger partial charge in [-0.2, -0.15) is 0 Å². The van der Waals surface area contributed by atoms with Gasteiger partial charge in [-0.05, 0) is 38.6 Å². The molecule has 0 aliphatic carbocycles. The Morgan fingerprint density at radius 3 is 2.53 bits per heavy atom. The topological polar surface area (TPSA) is 29.5 Å². The van der Waals surface area contributed by atoms with Gasteiger partial charge in [0.25, 0.3) is 0 Å². The Balaban J connectivity index is 1.74. The lowest BCUT2D eigenvalue weighted by Crippen LogP contribution is -2.52. The first kappa shape index (κ1) is 13.0. The molecule has 17 heavy (non-hydrogen) atoms. The molecule has 0 spiro atoms. The molecule has 3 heteroatoms. The van der Waals surface area contributed by atoms with Crippen LogP contribution in [-0.4, -0.2) is 43.0 Å². The number of Topliss-reactive ketones (excluding diaryl/α,β-unsaturated/α-hetero) is 1. The van der Waals surface area contributed by atoms with Crippen molar-refractivity contribution in [2.24, 2.45) is 0 Å². The molecule has 98 valence electrons. The molecular weight excluding hydrogens is 214 g/mol. The van der Waals surface area contributed by atoms with E-state index >= 15 is 0 Å². The highest BCUT2D eigenvalue weighted by molar-refractivity contribution is 5.80. The molecule has 0 radical (unpaired) electrons. The number of nitrogens with zero attached hydrogens (tertiary/aromatic N) is 1. The number of fused-ring (bicyclic) bond motifs is 2. The van der Waals surface area contributed by atoms with Gasteiger partial charge in [-0.3, -0.25) is 9.69 Å². The SMILES string of the molecule is COCCCCCN1C2CCCC1CC(=O)C2. The van der Waals surface area contributed by atoms with Gasteiger partial charge in [-0.15, -0.1) is 0 Å². The van der Waals surface area contributed by atoms with Crippen molar-refractivity contribution < 1.29 is 9.53 Å². The van der Waals surface area contributed by atoms with E-state index in [9.17, 15) is 4.79 Å². The Morgan fingerprint density at radius 2 is 1.88 bits per heavy atom. The van der Waals surface area contributed by atoms with Crippen LogP contribution in [0, 0.1) is 0 Å². The third-order valence-corrected chi connectivity index (χ3v) is 4.20. The minimum atomic E-state index is 0.496. The van der Waals surface area contributed by atoms with Crippen LogP contribution in [0.3, 0.4) is 0 Å². The van der Waals surface area contributed by atoms with Gasteiger partial charge in [-0.25, -0.2) is 0 Å². The van der Waals surface area contributed by atoms with Gasteiger partial charge in [0.2, 0.25) is 0 Å². The lowest BCUT2D eigenvalue weighted by Gasteiger charge is -2.45. The zero-order valence-electron chi connectivity index (χ0n) is 11.0. The molecular formula is C14H25NO2. The molecule has 2 atom stereocenters. The van der Waals surface area contributed by atoms with E-state index in [4.69, 9.17) is 4.74 Å². The summed E-state index contributed by atoms with van der Waals surface area (Å²) in [6.45, 7) is 2.07. The second-order valence-electron chi connectivity index (χ2n) is 5.48. The molecule has 2 unspecified atom stereocenters. The molecule has 0 amide bonds. The first-order valence-corrected chi connectivity index (χ1v) is 7.07. The van der Waals surface area contributed by atoms with E-state index in [0.29, 0.717) is 17.9 Å². The third kappa shape index (κ3) is 3.52. The second kappa shape index (κ2) is 6.50. The van der Waals surface area contributed by atoms with Gasteiger partial charge in [0, 0.05) is 38.6 Å². The van der Waals surface area contributed by atoms with Crippen LogP contribution in [0.15, 0.2) is 0 Å². The van der Waals surface area contributed by atoms with E-state index < -0.39 is 0 Å². The molecule has 2 saturated heterocycles. The highest BCUT2D eigenvalue weighted by atomic mass is 16.5. The van der Waals surface area contributed by atoms with Gasteiger partial charge >= 0.3 is 0 Å². The molecule has 2 heterocycles. The number of unbranched alkanes of at least 4 members (excludes halogenated alkanes) is 2. The van der Waals surface area contributed by atoms with E-state index in [1.165, 1.54) is 45.1 Å². The Bertz CT molecular complexity index is 239. The fourth-order valence-corrected chi connectivity index (χ4v) is 3.35. The summed E-state index contributed by atoms with van der Waals surface area (Å²) in [5.74, 6) is 0.496. The fourth-order valence-electron chi connectivity index (χ4n) is 3.35. The lowest BCUT2D eigenvalue weighted by molar-refractivity contribution is -0.127. The summed E-state index contributed by atoms with van der Waals surface area (Å²) in [5.41, 5.74) is 0. The van der Waals surface area contributed by atoms with Crippen LogP contribution in [0.4, 0.5) is 0 Å². The molecule has 0 aromatic heterocycles. The standard InChI is InChI=1S/C14H25NO2/c1-17-9-4-2-3-8-15-12-6-5-7-13(15)11-14(16)10-12/h12-13H,2-11H2,1H3. The highest BCUT2D eigenvalue weighted by Crippen LogP contribution is 2.32. The summed E-state index contributed by atoms with van der Waals surface area (Å²) >= 11 is 0. The van der Waals surface area contributed by atoms with Gasteiger partial charge < -0.3 is 4.74 Å². The Kier molecular flexibility index (Phi) is 4.99. The zero-order valence-corrected chi connectivity index (χ0v) is 11.0. The summed E-state index contributed by atoms with van der Waals surface area (Å²) < 4.78 is 5.06. The first-order chi connectivity index (χ1) is 8.31. The Morgan fingerprint density at radius 1 is 1.18 bits per heavy atom. The van der Waals surface area contributed by atoms with Crippen molar-refractivity contribution in [3.63, 3.8) is 0 Å². The summed E-state index contributed by atoms with van der Waals surface area (Å²) in [6, 6.07) is 1.13. The number of hydrogen-bond acceptors (Lipinski definition) is 3. The molecule has 2 aliphatic rings. The average Bonchev–Trinajstić information content (AvgIpc) is 2.29. The van der Waals surface area contributed by atoms with E-state index in [-0.39, 0.29) is 0 Å². The van der Waals surface area contributed by atoms with E-state index in [1.807, 2.05) is 0 Å². The predicted molar refractivity (Wildman–Crippen MR) is 68.1 cm³/mol. The largest absolute Gasteiger partial charge is 0.385 e. The van der Waals surface area contributed by atoms with Crippen LogP contribution in [0.2, 0.25) is 0 Å². The van der Waals surface area contributed by atoms with Crippen LogP contribution in [0.5, 0.6) is 0 Å². The van der Waals surface area contributed by atoms with Crippen molar-refractivity contribution in [3.05, 3.63) is 0 Å². The van der Waals surface area contributed by atoms with Gasteiger partial charge in [-0.1, -0.05) is 6.42 Å². The van der Waals surface area contributed by atoms with Crippen molar-refractivity contribution in [1.29, 1.82) is 0 Å². The number of carbonyl (C=O) groups is 1. The number of rotatable bonds is 6. The smallest absolute Gasteiger partial charge is 0.136 e. The zero-order chi connectivity index (χ0) is 12.1. The van der Waals surface area contributed by atoms with Gasteiger partial charge in [0.15, 0.2) is 0 Å². The minimum Gasteiger partial charge on any atom is -0.385 e. The molecule has 0 saturated carbocycles. The summed E-state index contributed by atoms with van der Waals surface area (Å²) in [6.07, 6.45) is 9.09. The van der Waals surface area contributed by atoms with Crippen molar-refractivity contribution in [2.45, 2.75) is 63.5 Å². The van der Waals surface area contributed by atoms with Crippen molar-refractivity contribution >= 4 is 5.78 Å². The summed E-state index contributed by atoms with van der Waals surface area (Å²) in [4.78, 5) is 14.2. The molecule has 2 aliphatic heterocycles. The summed E-state index contributed by atoms with van der Waals surface area (Å²) in [7, 11) is 1.76. The molecule has 0 N–H and O–H groups in total. The van der Waals surface area contributed by atoms with Gasteiger partial charge in [0.1, 0.15) is 5.78 Å². The maximum absolute atomic E-state index is 11.6. The first-order valence-electron chi connectivity index (χ1n) is 7.07.